The first-order chi connectivity index (χ1) is 14.3. The van der Waals surface area contributed by atoms with E-state index in [9.17, 15) is 4.79 Å². The van der Waals surface area contributed by atoms with Crippen molar-refractivity contribution >= 4 is 17.6 Å². The molecule has 1 atom stereocenters. The third-order valence-corrected chi connectivity index (χ3v) is 5.36. The summed E-state index contributed by atoms with van der Waals surface area (Å²) in [6.45, 7) is 12.3. The van der Waals surface area contributed by atoms with Gasteiger partial charge in [0.05, 0.1) is 11.5 Å². The number of likely N-dealkylation sites (N-methyl/N-ethyl adjacent to an activating group) is 1. The summed E-state index contributed by atoms with van der Waals surface area (Å²) in [5.41, 5.74) is 5.55. The zero-order chi connectivity index (χ0) is 22.7. The molecule has 0 heterocycles. The van der Waals surface area contributed by atoms with Crippen molar-refractivity contribution in [2.24, 2.45) is 0 Å². The van der Waals surface area contributed by atoms with Crippen molar-refractivity contribution in [1.29, 1.82) is 0 Å². The quantitative estimate of drug-likeness (QED) is 0.448. The van der Waals surface area contributed by atoms with Crippen LogP contribution in [-0.4, -0.2) is 35.6 Å². The molecule has 0 saturated heterocycles. The predicted molar refractivity (Wildman–Crippen MR) is 128 cm³/mol. The van der Waals surface area contributed by atoms with E-state index in [1.807, 2.05) is 34.7 Å². The first-order valence-electron chi connectivity index (χ1n) is 10.5. The largest absolute Gasteiger partial charge is 0.481 e. The van der Waals surface area contributed by atoms with E-state index < -0.39 is 5.97 Å². The molecule has 0 amide bonds. The maximum atomic E-state index is 10.8. The number of aliphatic carboxylic acids is 1. The lowest BCUT2D eigenvalue weighted by Crippen LogP contribution is -2.37. The van der Waals surface area contributed by atoms with Crippen LogP contribution in [0, 0.1) is 11.8 Å². The molecule has 0 saturated carbocycles. The minimum atomic E-state index is -0.745. The number of carboxylic acid groups (broad SMARTS) is 1. The summed E-state index contributed by atoms with van der Waals surface area (Å²) in [5, 5.41) is 9.48. The van der Waals surface area contributed by atoms with E-state index in [2.05, 4.69) is 41.5 Å². The first kappa shape index (κ1) is 25.8. The highest BCUT2D eigenvalue weighted by atomic mass is 35.5. The van der Waals surface area contributed by atoms with Crippen molar-refractivity contribution in [2.75, 3.05) is 13.6 Å². The number of carbonyl (C=O) groups is 1. The monoisotopic (exact) mass is 427 g/mol. The van der Waals surface area contributed by atoms with Gasteiger partial charge in [-0.3, -0.25) is 4.79 Å². The molecule has 3 nitrogen and oxygen atoms in total. The third kappa shape index (κ3) is 7.86. The summed E-state index contributed by atoms with van der Waals surface area (Å²) in [6.07, 6.45) is 6.57. The minimum absolute atomic E-state index is 0.184. The van der Waals surface area contributed by atoms with Crippen LogP contribution in [0.4, 0.5) is 0 Å². The molecule has 1 unspecified atom stereocenters. The Morgan fingerprint density at radius 1 is 1.33 bits per heavy atom. The van der Waals surface area contributed by atoms with Crippen molar-refractivity contribution in [3.63, 3.8) is 0 Å². The molecule has 1 aromatic rings. The number of fused-ring (bicyclic) bond motifs is 1. The van der Waals surface area contributed by atoms with Crippen molar-refractivity contribution < 1.29 is 9.90 Å². The highest BCUT2D eigenvalue weighted by molar-refractivity contribution is 6.32. The Kier molecular flexibility index (Phi) is 11.3. The Bertz CT molecular complexity index is 867. The Morgan fingerprint density at radius 2 is 2.03 bits per heavy atom. The van der Waals surface area contributed by atoms with Crippen molar-refractivity contribution in [1.82, 2.24) is 4.90 Å². The standard InChI is InChI=1S/C24H28ClNO2.C2H6/c1-5-6-23(25)22(17(2)3)12-8-18-7-9-20-16-21(11-10-19(20)15-18)26(4)14-13-24(27)28;1-2/h5-7,9,15,21H,1,10-11,13-14,16H2,2-4H3,(H,27,28);1-2H3/b23-6+;. The zero-order valence-corrected chi connectivity index (χ0v) is 19.6. The molecule has 2 rings (SSSR count). The summed E-state index contributed by atoms with van der Waals surface area (Å²) < 4.78 is 0. The van der Waals surface area contributed by atoms with Crippen LogP contribution in [0.15, 0.2) is 53.1 Å². The van der Waals surface area contributed by atoms with E-state index in [0.29, 0.717) is 17.6 Å². The Balaban J connectivity index is 0.00000218. The maximum absolute atomic E-state index is 10.8. The molecule has 0 aliphatic heterocycles. The van der Waals surface area contributed by atoms with Crippen LogP contribution in [-0.2, 0) is 17.6 Å². The fourth-order valence-electron chi connectivity index (χ4n) is 3.39. The van der Waals surface area contributed by atoms with Crippen molar-refractivity contribution in [3.8, 4) is 11.8 Å². The smallest absolute Gasteiger partial charge is 0.304 e. The summed E-state index contributed by atoms with van der Waals surface area (Å²) in [5.74, 6) is 5.69. The number of nitrogens with zero attached hydrogens (tertiary/aromatic N) is 1. The number of aryl methyl sites for hydroxylation is 1. The zero-order valence-electron chi connectivity index (χ0n) is 18.9. The first-order valence-corrected chi connectivity index (χ1v) is 10.9. The summed E-state index contributed by atoms with van der Waals surface area (Å²) in [7, 11) is 2.01. The van der Waals surface area contributed by atoms with Gasteiger partial charge in [0, 0.05) is 23.7 Å². The van der Waals surface area contributed by atoms with E-state index in [1.54, 1.807) is 12.2 Å². The van der Waals surface area contributed by atoms with Crippen LogP contribution >= 0.6 is 11.6 Å². The van der Waals surface area contributed by atoms with Crippen molar-refractivity contribution in [3.05, 3.63) is 69.8 Å². The number of hydrogen-bond acceptors (Lipinski definition) is 2. The number of allylic oxidation sites excluding steroid dienone is 5. The van der Waals surface area contributed by atoms with E-state index in [4.69, 9.17) is 16.7 Å². The predicted octanol–water partition coefficient (Wildman–Crippen LogP) is 5.97. The highest BCUT2D eigenvalue weighted by Gasteiger charge is 2.22. The van der Waals surface area contributed by atoms with Gasteiger partial charge >= 0.3 is 5.97 Å². The second kappa shape index (κ2) is 13.1. The molecule has 0 fully saturated rings. The molecular weight excluding hydrogens is 394 g/mol. The average Bonchev–Trinajstić information content (AvgIpc) is 2.73. The number of carboxylic acids is 1. The normalized spacial score (nSPS) is 15.2. The number of halogens is 1. The van der Waals surface area contributed by atoms with Gasteiger partial charge < -0.3 is 10.0 Å². The number of rotatable bonds is 6. The molecule has 0 radical (unpaired) electrons. The highest BCUT2D eigenvalue weighted by Crippen LogP contribution is 2.25. The molecule has 1 aromatic carbocycles. The lowest BCUT2D eigenvalue weighted by Gasteiger charge is -2.32. The van der Waals surface area contributed by atoms with E-state index >= 15 is 0 Å². The molecule has 162 valence electrons. The molecule has 4 heteroatoms. The number of benzene rings is 1. The Labute approximate surface area is 187 Å². The number of hydrogen-bond donors (Lipinski definition) is 1. The summed E-state index contributed by atoms with van der Waals surface area (Å²) in [4.78, 5) is 13.0. The SMILES string of the molecule is C=C/C=C(/Cl)C(C#Cc1ccc2c(c1)CCC(N(C)CCC(=O)O)C2)=C(C)C.CC. The topological polar surface area (TPSA) is 40.5 Å². The molecule has 0 bridgehead atoms. The fourth-order valence-corrected chi connectivity index (χ4v) is 3.71. The molecule has 1 N–H and O–H groups in total. The lowest BCUT2D eigenvalue weighted by atomic mass is 9.86. The van der Waals surface area contributed by atoms with Gasteiger partial charge in [-0.2, -0.15) is 0 Å². The van der Waals surface area contributed by atoms with Crippen LogP contribution in [0.5, 0.6) is 0 Å². The van der Waals surface area contributed by atoms with Gasteiger partial charge in [-0.15, -0.1) is 0 Å². The van der Waals surface area contributed by atoms with E-state index in [1.165, 1.54) is 11.1 Å². The Morgan fingerprint density at radius 3 is 2.63 bits per heavy atom. The molecule has 0 spiro atoms. The van der Waals surface area contributed by atoms with Crippen LogP contribution in [0.25, 0.3) is 0 Å². The van der Waals surface area contributed by atoms with Gasteiger partial charge in [-0.1, -0.05) is 61.6 Å². The van der Waals surface area contributed by atoms with E-state index in [-0.39, 0.29) is 6.42 Å². The van der Waals surface area contributed by atoms with Gasteiger partial charge in [0.25, 0.3) is 0 Å². The second-order valence-electron chi connectivity index (χ2n) is 7.38. The van der Waals surface area contributed by atoms with Crippen LogP contribution in [0.1, 0.15) is 57.2 Å². The Hall–Kier alpha value is -2.28. The van der Waals surface area contributed by atoms with Crippen molar-refractivity contribution in [2.45, 2.75) is 59.4 Å². The lowest BCUT2D eigenvalue weighted by molar-refractivity contribution is -0.137. The van der Waals surface area contributed by atoms with Gasteiger partial charge in [0.2, 0.25) is 0 Å². The van der Waals surface area contributed by atoms with Crippen LogP contribution in [0.3, 0.4) is 0 Å². The maximum Gasteiger partial charge on any atom is 0.304 e. The molecular formula is C26H34ClNO2. The fraction of sp³-hybridized carbons (Fsp3) is 0.423. The van der Waals surface area contributed by atoms with Crippen LogP contribution < -0.4 is 0 Å². The average molecular weight is 428 g/mol. The van der Waals surface area contributed by atoms with Crippen LogP contribution in [0.2, 0.25) is 0 Å². The van der Waals surface area contributed by atoms with E-state index in [0.717, 1.165) is 36.0 Å². The molecule has 1 aliphatic rings. The third-order valence-electron chi connectivity index (χ3n) is 5.05. The summed E-state index contributed by atoms with van der Waals surface area (Å²) >= 11 is 6.30. The van der Waals surface area contributed by atoms with Gasteiger partial charge in [0.15, 0.2) is 0 Å². The molecule has 1 aliphatic carbocycles. The van der Waals surface area contributed by atoms with Gasteiger partial charge in [-0.25, -0.2) is 0 Å². The molecule has 0 aromatic heterocycles. The van der Waals surface area contributed by atoms with Gasteiger partial charge in [-0.05, 0) is 69.5 Å². The summed E-state index contributed by atoms with van der Waals surface area (Å²) in [6, 6.07) is 6.77. The molecule has 30 heavy (non-hydrogen) atoms. The minimum Gasteiger partial charge on any atom is -0.481 e. The second-order valence-corrected chi connectivity index (χ2v) is 7.79. The van der Waals surface area contributed by atoms with Gasteiger partial charge in [0.1, 0.15) is 0 Å².